The summed E-state index contributed by atoms with van der Waals surface area (Å²) in [5, 5.41) is 9.43. The van der Waals surface area contributed by atoms with E-state index < -0.39 is 0 Å². The molecule has 1 aromatic carbocycles. The second-order valence-corrected chi connectivity index (χ2v) is 5.71. The normalized spacial score (nSPS) is 21.8. The average molecular weight is 263 g/mol. The maximum atomic E-state index is 12.3. The third-order valence-electron chi connectivity index (χ3n) is 3.75. The first-order valence-electron chi connectivity index (χ1n) is 6.53. The molecule has 1 amide bonds. The lowest BCUT2D eigenvalue weighted by atomic mass is 9.90. The summed E-state index contributed by atoms with van der Waals surface area (Å²) in [7, 11) is 1.63. The molecule has 0 aliphatic carbocycles. The summed E-state index contributed by atoms with van der Waals surface area (Å²) in [6.07, 6.45) is 0.707. The van der Waals surface area contributed by atoms with Gasteiger partial charge in [-0.2, -0.15) is 0 Å². The minimum absolute atomic E-state index is 0.0192. The van der Waals surface area contributed by atoms with Crippen molar-refractivity contribution in [2.24, 2.45) is 5.41 Å². The zero-order valence-electron chi connectivity index (χ0n) is 11.7. The molecule has 1 fully saturated rings. The lowest BCUT2D eigenvalue weighted by Gasteiger charge is -2.23. The van der Waals surface area contributed by atoms with Crippen LogP contribution in [0.5, 0.6) is 5.75 Å². The molecule has 1 aliphatic rings. The third kappa shape index (κ3) is 2.73. The molecule has 1 heterocycles. The number of methoxy groups -OCH3 is 1. The number of rotatable bonds is 4. The van der Waals surface area contributed by atoms with Gasteiger partial charge in [-0.05, 0) is 24.1 Å². The number of nitrogens with zero attached hydrogens (tertiary/aromatic N) is 1. The Morgan fingerprint density at radius 2 is 2.00 bits per heavy atom. The van der Waals surface area contributed by atoms with Crippen LogP contribution in [0.4, 0.5) is 0 Å². The molecule has 2 rings (SSSR count). The molecular formula is C15H21NO3. The van der Waals surface area contributed by atoms with Crippen molar-refractivity contribution < 1.29 is 14.6 Å². The van der Waals surface area contributed by atoms with Crippen molar-refractivity contribution in [3.63, 3.8) is 0 Å². The van der Waals surface area contributed by atoms with Crippen LogP contribution >= 0.6 is 0 Å². The van der Waals surface area contributed by atoms with Crippen molar-refractivity contribution in [1.82, 2.24) is 4.90 Å². The van der Waals surface area contributed by atoms with Gasteiger partial charge in [0.05, 0.1) is 19.8 Å². The molecule has 0 saturated carbocycles. The smallest absolute Gasteiger partial charge is 0.228 e. The van der Waals surface area contributed by atoms with E-state index >= 15 is 0 Å². The monoisotopic (exact) mass is 263 g/mol. The van der Waals surface area contributed by atoms with E-state index in [0.29, 0.717) is 13.0 Å². The molecule has 1 aliphatic heterocycles. The molecule has 4 heteroatoms. The minimum atomic E-state index is -0.375. The summed E-state index contributed by atoms with van der Waals surface area (Å²) in [5.74, 6) is 0.915. The fourth-order valence-corrected chi connectivity index (χ4v) is 2.63. The highest BCUT2D eigenvalue weighted by atomic mass is 16.5. The Hall–Kier alpha value is -1.55. The van der Waals surface area contributed by atoms with Crippen molar-refractivity contribution in [3.05, 3.63) is 29.8 Å². The Kier molecular flexibility index (Phi) is 3.80. The summed E-state index contributed by atoms with van der Waals surface area (Å²) in [4.78, 5) is 14.1. The van der Waals surface area contributed by atoms with Crippen LogP contribution in [0, 0.1) is 5.41 Å². The summed E-state index contributed by atoms with van der Waals surface area (Å²) >= 11 is 0. The van der Waals surface area contributed by atoms with Gasteiger partial charge in [-0.15, -0.1) is 0 Å². The van der Waals surface area contributed by atoms with Gasteiger partial charge in [-0.3, -0.25) is 4.79 Å². The first-order valence-corrected chi connectivity index (χ1v) is 6.53. The van der Waals surface area contributed by atoms with Crippen molar-refractivity contribution >= 4 is 5.91 Å². The maximum Gasteiger partial charge on any atom is 0.228 e. The van der Waals surface area contributed by atoms with E-state index in [1.54, 1.807) is 12.0 Å². The molecule has 1 aromatic rings. The van der Waals surface area contributed by atoms with E-state index in [0.717, 1.165) is 11.3 Å². The zero-order chi connectivity index (χ0) is 14.0. The molecule has 0 unspecified atom stereocenters. The highest BCUT2D eigenvalue weighted by Crippen LogP contribution is 2.36. The van der Waals surface area contributed by atoms with E-state index in [4.69, 9.17) is 4.74 Å². The fourth-order valence-electron chi connectivity index (χ4n) is 2.63. The number of benzene rings is 1. The number of ether oxygens (including phenoxy) is 1. The van der Waals surface area contributed by atoms with E-state index in [1.807, 2.05) is 38.1 Å². The summed E-state index contributed by atoms with van der Waals surface area (Å²) in [6, 6.07) is 7.59. The Labute approximate surface area is 114 Å². The van der Waals surface area contributed by atoms with Gasteiger partial charge >= 0.3 is 0 Å². The average Bonchev–Trinajstić information content (AvgIpc) is 2.63. The fraction of sp³-hybridized carbons (Fsp3) is 0.533. The SMILES string of the molecule is COc1ccc(CN2C(=O)C(C)(C)C[C@H]2CO)cc1. The topological polar surface area (TPSA) is 49.8 Å². The molecule has 1 saturated heterocycles. The van der Waals surface area contributed by atoms with Gasteiger partial charge in [0.15, 0.2) is 0 Å². The van der Waals surface area contributed by atoms with Crippen LogP contribution in [-0.2, 0) is 11.3 Å². The number of likely N-dealkylation sites (tertiary alicyclic amines) is 1. The van der Waals surface area contributed by atoms with E-state index in [-0.39, 0.29) is 24.0 Å². The molecule has 1 N–H and O–H groups in total. The lowest BCUT2D eigenvalue weighted by Crippen LogP contribution is -2.36. The van der Waals surface area contributed by atoms with Crippen molar-refractivity contribution in [2.45, 2.75) is 32.9 Å². The van der Waals surface area contributed by atoms with Gasteiger partial charge < -0.3 is 14.7 Å². The molecule has 0 aromatic heterocycles. The van der Waals surface area contributed by atoms with Gasteiger partial charge in [0.25, 0.3) is 0 Å². The first kappa shape index (κ1) is 13.9. The molecule has 104 valence electrons. The van der Waals surface area contributed by atoms with Crippen LogP contribution in [-0.4, -0.2) is 35.7 Å². The maximum absolute atomic E-state index is 12.3. The first-order chi connectivity index (χ1) is 8.97. The number of aliphatic hydroxyl groups excluding tert-OH is 1. The highest BCUT2D eigenvalue weighted by molar-refractivity contribution is 5.84. The summed E-state index contributed by atoms with van der Waals surface area (Å²) < 4.78 is 5.12. The second kappa shape index (κ2) is 5.21. The second-order valence-electron chi connectivity index (χ2n) is 5.71. The molecule has 0 bridgehead atoms. The predicted octanol–water partition coefficient (Wildman–Crippen LogP) is 1.81. The Morgan fingerprint density at radius 3 is 2.53 bits per heavy atom. The molecule has 1 atom stereocenters. The van der Waals surface area contributed by atoms with Crippen LogP contribution in [0.15, 0.2) is 24.3 Å². The number of amides is 1. The Balaban J connectivity index is 2.14. The summed E-state index contributed by atoms with van der Waals surface area (Å²) in [5.41, 5.74) is 0.671. The number of aliphatic hydroxyl groups is 1. The highest BCUT2D eigenvalue weighted by Gasteiger charge is 2.44. The molecule has 0 radical (unpaired) electrons. The number of carbonyl (C=O) groups excluding carboxylic acids is 1. The van der Waals surface area contributed by atoms with Crippen LogP contribution in [0.2, 0.25) is 0 Å². The Morgan fingerprint density at radius 1 is 1.37 bits per heavy atom. The van der Waals surface area contributed by atoms with Crippen molar-refractivity contribution in [1.29, 1.82) is 0 Å². The van der Waals surface area contributed by atoms with Crippen LogP contribution < -0.4 is 4.74 Å². The summed E-state index contributed by atoms with van der Waals surface area (Å²) in [6.45, 7) is 4.43. The lowest BCUT2D eigenvalue weighted by molar-refractivity contribution is -0.136. The standard InChI is InChI=1S/C15H21NO3/c1-15(2)8-12(10-17)16(14(15)18)9-11-4-6-13(19-3)7-5-11/h4-7,12,17H,8-10H2,1-3H3/t12-/m0/s1. The van der Waals surface area contributed by atoms with Gasteiger partial charge in [0.2, 0.25) is 5.91 Å². The van der Waals surface area contributed by atoms with Crippen molar-refractivity contribution in [3.8, 4) is 5.75 Å². The van der Waals surface area contributed by atoms with Gasteiger partial charge in [-0.25, -0.2) is 0 Å². The largest absolute Gasteiger partial charge is 0.497 e. The van der Waals surface area contributed by atoms with E-state index in [9.17, 15) is 9.90 Å². The minimum Gasteiger partial charge on any atom is -0.497 e. The number of carbonyl (C=O) groups is 1. The zero-order valence-corrected chi connectivity index (χ0v) is 11.7. The predicted molar refractivity (Wildman–Crippen MR) is 72.8 cm³/mol. The van der Waals surface area contributed by atoms with Crippen molar-refractivity contribution in [2.75, 3.05) is 13.7 Å². The molecule has 0 spiro atoms. The third-order valence-corrected chi connectivity index (χ3v) is 3.75. The van der Waals surface area contributed by atoms with Crippen LogP contribution in [0.3, 0.4) is 0 Å². The molecule has 19 heavy (non-hydrogen) atoms. The van der Waals surface area contributed by atoms with Crippen LogP contribution in [0.1, 0.15) is 25.8 Å². The van der Waals surface area contributed by atoms with E-state index in [2.05, 4.69) is 0 Å². The van der Waals surface area contributed by atoms with Gasteiger partial charge in [0.1, 0.15) is 5.75 Å². The van der Waals surface area contributed by atoms with Gasteiger partial charge in [0, 0.05) is 12.0 Å². The number of hydrogen-bond donors (Lipinski definition) is 1. The molecular weight excluding hydrogens is 242 g/mol. The van der Waals surface area contributed by atoms with Crippen LogP contribution in [0.25, 0.3) is 0 Å². The van der Waals surface area contributed by atoms with Gasteiger partial charge in [-0.1, -0.05) is 26.0 Å². The van der Waals surface area contributed by atoms with E-state index in [1.165, 1.54) is 0 Å². The molecule has 4 nitrogen and oxygen atoms in total. The Bertz CT molecular complexity index is 453. The number of hydrogen-bond acceptors (Lipinski definition) is 3. The quantitative estimate of drug-likeness (QED) is 0.901.